The van der Waals surface area contributed by atoms with Gasteiger partial charge in [0.2, 0.25) is 0 Å². The fraction of sp³-hybridized carbons (Fsp3) is 0.588. The van der Waals surface area contributed by atoms with Crippen LogP contribution in [0.5, 0.6) is 0 Å². The van der Waals surface area contributed by atoms with Gasteiger partial charge in [0.15, 0.2) is 0 Å². The van der Waals surface area contributed by atoms with Crippen LogP contribution in [0.4, 0.5) is 0 Å². The van der Waals surface area contributed by atoms with Gasteiger partial charge in [-0.3, -0.25) is 0 Å². The molecule has 22 heavy (non-hydrogen) atoms. The monoisotopic (exact) mass is 309 g/mol. The second kappa shape index (κ2) is 15.3. The predicted octanol–water partition coefficient (Wildman–Crippen LogP) is 3.86. The number of hydrogen-bond donors (Lipinski definition) is 1. The lowest BCUT2D eigenvalue weighted by molar-refractivity contribution is -0.139. The lowest BCUT2D eigenvalue weighted by atomic mass is 9.92. The van der Waals surface area contributed by atoms with Gasteiger partial charge in [0.25, 0.3) is 0 Å². The third kappa shape index (κ3) is 14.3. The highest BCUT2D eigenvalue weighted by Gasteiger charge is 2.14. The van der Waals surface area contributed by atoms with Crippen LogP contribution in [-0.2, 0) is 14.3 Å². The number of ether oxygens (including phenoxy) is 1. The Morgan fingerprint density at radius 3 is 2.41 bits per heavy atom. The topological polar surface area (TPSA) is 87.4 Å². The number of carbonyl (C=O) groups excluding carboxylic acids is 1. The van der Waals surface area contributed by atoms with E-state index < -0.39 is 5.97 Å². The van der Waals surface area contributed by atoms with Gasteiger partial charge in [-0.1, -0.05) is 52.7 Å². The molecule has 0 saturated heterocycles. The van der Waals surface area contributed by atoms with Crippen molar-refractivity contribution in [2.75, 3.05) is 6.61 Å². The van der Waals surface area contributed by atoms with E-state index in [1.807, 2.05) is 6.07 Å². The minimum atomic E-state index is -0.981. The van der Waals surface area contributed by atoms with E-state index in [1.165, 1.54) is 12.8 Å². The molecule has 0 aliphatic carbocycles. The molecule has 0 rings (SSSR count). The third-order valence-corrected chi connectivity index (χ3v) is 2.99. The molecule has 0 radical (unpaired) electrons. The van der Waals surface area contributed by atoms with Crippen molar-refractivity contribution in [3.63, 3.8) is 0 Å². The van der Waals surface area contributed by atoms with Crippen molar-refractivity contribution >= 4 is 11.9 Å². The smallest absolute Gasteiger partial charge is 0.333 e. The summed E-state index contributed by atoms with van der Waals surface area (Å²) < 4.78 is 4.93. The Labute approximate surface area is 133 Å². The van der Waals surface area contributed by atoms with Gasteiger partial charge in [-0.15, -0.1) is 0 Å². The molecule has 1 N–H and O–H groups in total. The van der Waals surface area contributed by atoms with E-state index in [4.69, 9.17) is 15.1 Å². The number of esters is 1. The van der Waals surface area contributed by atoms with E-state index in [1.54, 1.807) is 0 Å². The van der Waals surface area contributed by atoms with E-state index in [2.05, 4.69) is 27.0 Å². The highest BCUT2D eigenvalue weighted by Crippen LogP contribution is 2.21. The molecule has 0 fully saturated rings. The minimum absolute atomic E-state index is 0.167. The first-order valence-electron chi connectivity index (χ1n) is 7.49. The molecule has 0 aromatic rings. The van der Waals surface area contributed by atoms with Gasteiger partial charge in [0.05, 0.1) is 12.5 Å². The van der Waals surface area contributed by atoms with Crippen LogP contribution < -0.4 is 0 Å². The first kappa shape index (κ1) is 22.2. The van der Waals surface area contributed by atoms with E-state index in [0.717, 1.165) is 18.9 Å². The van der Waals surface area contributed by atoms with E-state index >= 15 is 0 Å². The lowest BCUT2D eigenvalue weighted by Crippen LogP contribution is -2.11. The maximum atomic E-state index is 11.5. The van der Waals surface area contributed by atoms with Crippen LogP contribution in [0.15, 0.2) is 24.8 Å². The summed E-state index contributed by atoms with van der Waals surface area (Å²) in [5.41, 5.74) is 0.533. The van der Waals surface area contributed by atoms with E-state index in [0.29, 0.717) is 17.9 Å². The highest BCUT2D eigenvalue weighted by atomic mass is 16.5. The average Bonchev–Trinajstić information content (AvgIpc) is 2.51. The summed E-state index contributed by atoms with van der Waals surface area (Å²) in [6.45, 7) is 11.2. The van der Waals surface area contributed by atoms with Crippen molar-refractivity contribution < 1.29 is 19.4 Å². The summed E-state index contributed by atoms with van der Waals surface area (Å²) in [5, 5.41) is 15.9. The number of rotatable bonds is 10. The Balaban J connectivity index is 0. The number of aliphatic carboxylic acids is 1. The van der Waals surface area contributed by atoms with E-state index in [-0.39, 0.29) is 19.0 Å². The Kier molecular flexibility index (Phi) is 15.4. The quantitative estimate of drug-likeness (QED) is 0.376. The van der Waals surface area contributed by atoms with Crippen LogP contribution in [0.2, 0.25) is 0 Å². The Hall–Kier alpha value is -2.09. The summed E-state index contributed by atoms with van der Waals surface area (Å²) >= 11 is 0. The van der Waals surface area contributed by atoms with Crippen LogP contribution in [0.1, 0.15) is 52.4 Å². The van der Waals surface area contributed by atoms with Crippen molar-refractivity contribution in [3.8, 4) is 6.07 Å². The van der Waals surface area contributed by atoms with Crippen LogP contribution >= 0.6 is 0 Å². The minimum Gasteiger partial charge on any atom is -0.478 e. The molecule has 0 heterocycles. The third-order valence-electron chi connectivity index (χ3n) is 2.99. The van der Waals surface area contributed by atoms with Crippen LogP contribution in [-0.4, -0.2) is 23.7 Å². The zero-order valence-electron chi connectivity index (χ0n) is 13.6. The Morgan fingerprint density at radius 2 is 2.00 bits per heavy atom. The number of unbranched alkanes of at least 4 members (excludes halogenated alkanes) is 1. The zero-order valence-corrected chi connectivity index (χ0v) is 13.6. The van der Waals surface area contributed by atoms with Gasteiger partial charge in [-0.05, 0) is 12.3 Å². The molecule has 5 nitrogen and oxygen atoms in total. The maximum Gasteiger partial charge on any atom is 0.333 e. The highest BCUT2D eigenvalue weighted by molar-refractivity contribution is 5.87. The summed E-state index contributed by atoms with van der Waals surface area (Å²) in [7, 11) is 0. The molecule has 0 aliphatic rings. The lowest BCUT2D eigenvalue weighted by Gasteiger charge is -2.15. The van der Waals surface area contributed by atoms with Gasteiger partial charge in [-0.2, -0.15) is 5.26 Å². The molecule has 5 heteroatoms. The number of nitrogens with zero attached hydrogens (tertiary/aromatic N) is 1. The van der Waals surface area contributed by atoms with Gasteiger partial charge >= 0.3 is 11.9 Å². The fourth-order valence-electron chi connectivity index (χ4n) is 1.67. The van der Waals surface area contributed by atoms with Crippen molar-refractivity contribution in [1.29, 1.82) is 5.26 Å². The van der Waals surface area contributed by atoms with E-state index in [9.17, 15) is 9.59 Å². The molecule has 1 unspecified atom stereocenters. The van der Waals surface area contributed by atoms with Crippen LogP contribution in [0, 0.1) is 17.2 Å². The molecule has 0 bridgehead atoms. The van der Waals surface area contributed by atoms with Crippen molar-refractivity contribution in [3.05, 3.63) is 24.8 Å². The van der Waals surface area contributed by atoms with Crippen molar-refractivity contribution in [2.24, 2.45) is 5.92 Å². The zero-order chi connectivity index (χ0) is 17.4. The normalized spacial score (nSPS) is 10.4. The maximum absolute atomic E-state index is 11.5. The molecule has 0 aromatic carbocycles. The van der Waals surface area contributed by atoms with Crippen LogP contribution in [0.25, 0.3) is 0 Å². The Morgan fingerprint density at radius 1 is 1.41 bits per heavy atom. The summed E-state index contributed by atoms with van der Waals surface area (Å²) in [6.07, 6.45) is 6.35. The average molecular weight is 309 g/mol. The molecule has 0 spiro atoms. The molecule has 0 saturated carbocycles. The number of nitriles is 1. The summed E-state index contributed by atoms with van der Waals surface area (Å²) in [6, 6.07) is 1.93. The largest absolute Gasteiger partial charge is 0.478 e. The number of carbonyl (C=O) groups is 2. The van der Waals surface area contributed by atoms with Crippen molar-refractivity contribution in [2.45, 2.75) is 52.4 Å². The molecular formula is C17H27NO4. The molecule has 124 valence electrons. The van der Waals surface area contributed by atoms with Gasteiger partial charge in [0.1, 0.15) is 6.61 Å². The fourth-order valence-corrected chi connectivity index (χ4v) is 1.67. The standard InChI is InChI=1S/C14H23NO2.C3H4O2/c1-4-6-8-13(5-2)11-12(3)14(16)17-10-7-9-15;1-2-3(4)5/h13H,3-8,10-11H2,1-2H3;2H,1H2,(H,4,5). The number of hydrogen-bond acceptors (Lipinski definition) is 4. The first-order chi connectivity index (χ1) is 10.4. The predicted molar refractivity (Wildman–Crippen MR) is 86.1 cm³/mol. The second-order valence-corrected chi connectivity index (χ2v) is 4.81. The van der Waals surface area contributed by atoms with Gasteiger partial charge in [0, 0.05) is 11.6 Å². The molecule has 0 aromatic heterocycles. The van der Waals surface area contributed by atoms with Crippen LogP contribution in [0.3, 0.4) is 0 Å². The molecular weight excluding hydrogens is 282 g/mol. The summed E-state index contributed by atoms with van der Waals surface area (Å²) in [4.78, 5) is 20.8. The van der Waals surface area contributed by atoms with Gasteiger partial charge in [-0.25, -0.2) is 9.59 Å². The second-order valence-electron chi connectivity index (χ2n) is 4.81. The first-order valence-corrected chi connectivity index (χ1v) is 7.49. The summed E-state index contributed by atoms with van der Waals surface area (Å²) in [5.74, 6) is -0.814. The number of carboxylic acids is 1. The van der Waals surface area contributed by atoms with Gasteiger partial charge < -0.3 is 9.84 Å². The molecule has 1 atom stereocenters. The molecule has 0 amide bonds. The SMILES string of the molecule is C=C(CC(CC)CCCC)C(=O)OCCC#N.C=CC(=O)O. The molecule has 0 aliphatic heterocycles. The number of carboxylic acid groups (broad SMARTS) is 1. The Bertz CT molecular complexity index is 396. The van der Waals surface area contributed by atoms with Crippen molar-refractivity contribution in [1.82, 2.24) is 0 Å².